The molecule has 0 unspecified atom stereocenters. The van der Waals surface area contributed by atoms with E-state index < -0.39 is 5.91 Å². The molecule has 0 aliphatic rings. The van der Waals surface area contributed by atoms with Crippen molar-refractivity contribution in [2.45, 2.75) is 6.54 Å². The largest absolute Gasteiger partial charge is 0.354 e. The highest BCUT2D eigenvalue weighted by atomic mass is 19.1. The van der Waals surface area contributed by atoms with Crippen LogP contribution < -0.4 is 10.2 Å². The molecule has 0 radical (unpaired) electrons. The molecule has 126 valence electrons. The van der Waals surface area contributed by atoms with Crippen molar-refractivity contribution in [2.24, 2.45) is 0 Å². The second kappa shape index (κ2) is 7.53. The lowest BCUT2D eigenvalue weighted by molar-refractivity contribution is 0.102. The molecule has 0 fully saturated rings. The zero-order valence-corrected chi connectivity index (χ0v) is 13.7. The summed E-state index contributed by atoms with van der Waals surface area (Å²) in [6, 6.07) is 18.9. The Bertz CT molecular complexity index is 836. The second-order valence-electron chi connectivity index (χ2n) is 5.58. The first-order valence-corrected chi connectivity index (χ1v) is 7.77. The van der Waals surface area contributed by atoms with Gasteiger partial charge in [-0.2, -0.15) is 0 Å². The summed E-state index contributed by atoms with van der Waals surface area (Å²) in [5.41, 5.74) is 1.85. The molecule has 0 saturated heterocycles. The Morgan fingerprint density at radius 1 is 1.00 bits per heavy atom. The predicted octanol–water partition coefficient (Wildman–Crippen LogP) is 3.50. The van der Waals surface area contributed by atoms with E-state index >= 15 is 0 Å². The molecule has 0 saturated carbocycles. The van der Waals surface area contributed by atoms with Gasteiger partial charge in [0.25, 0.3) is 5.91 Å². The van der Waals surface area contributed by atoms with Crippen molar-refractivity contribution in [3.05, 3.63) is 83.8 Å². The summed E-state index contributed by atoms with van der Waals surface area (Å²) in [5, 5.41) is 10.7. The van der Waals surface area contributed by atoms with Crippen molar-refractivity contribution in [3.63, 3.8) is 0 Å². The fourth-order valence-electron chi connectivity index (χ4n) is 2.32. The van der Waals surface area contributed by atoms with Crippen LogP contribution in [0.2, 0.25) is 0 Å². The lowest BCUT2D eigenvalue weighted by Gasteiger charge is -2.17. The molecule has 1 heterocycles. The van der Waals surface area contributed by atoms with Crippen molar-refractivity contribution in [2.75, 3.05) is 17.3 Å². The molecule has 0 atom stereocenters. The molecule has 1 aromatic heterocycles. The van der Waals surface area contributed by atoms with Crippen LogP contribution in [0.3, 0.4) is 0 Å². The summed E-state index contributed by atoms with van der Waals surface area (Å²) in [6.07, 6.45) is 0. The Hall–Kier alpha value is -3.28. The van der Waals surface area contributed by atoms with E-state index in [1.54, 1.807) is 12.1 Å². The zero-order valence-electron chi connectivity index (χ0n) is 13.7. The number of aromatic nitrogens is 2. The van der Waals surface area contributed by atoms with E-state index in [0.717, 1.165) is 5.56 Å². The minimum atomic E-state index is -0.392. The van der Waals surface area contributed by atoms with Gasteiger partial charge in [-0.05, 0) is 42.0 Å². The van der Waals surface area contributed by atoms with E-state index in [9.17, 15) is 9.18 Å². The third kappa shape index (κ3) is 4.38. The van der Waals surface area contributed by atoms with Gasteiger partial charge in [0.2, 0.25) is 0 Å². The predicted molar refractivity (Wildman–Crippen MR) is 94.9 cm³/mol. The summed E-state index contributed by atoms with van der Waals surface area (Å²) >= 11 is 0. The number of nitrogens with one attached hydrogen (secondary N) is 1. The fourth-order valence-corrected chi connectivity index (χ4v) is 2.32. The van der Waals surface area contributed by atoms with E-state index in [1.165, 1.54) is 24.3 Å². The van der Waals surface area contributed by atoms with E-state index in [0.29, 0.717) is 18.1 Å². The van der Waals surface area contributed by atoms with Crippen molar-refractivity contribution < 1.29 is 9.18 Å². The molecule has 0 aliphatic carbocycles. The van der Waals surface area contributed by atoms with Gasteiger partial charge in [-0.3, -0.25) is 4.79 Å². The Morgan fingerprint density at radius 2 is 1.72 bits per heavy atom. The van der Waals surface area contributed by atoms with Gasteiger partial charge >= 0.3 is 0 Å². The van der Waals surface area contributed by atoms with Crippen LogP contribution in [-0.2, 0) is 6.54 Å². The number of carbonyl (C=O) groups is 1. The van der Waals surface area contributed by atoms with Crippen LogP contribution in [0.5, 0.6) is 0 Å². The van der Waals surface area contributed by atoms with Gasteiger partial charge in [0.15, 0.2) is 11.5 Å². The fraction of sp³-hybridized carbons (Fsp3) is 0.105. The molecule has 3 aromatic rings. The topological polar surface area (TPSA) is 58.1 Å². The molecule has 6 heteroatoms. The Balaban J connectivity index is 1.65. The van der Waals surface area contributed by atoms with Crippen LogP contribution in [0, 0.1) is 5.82 Å². The highest BCUT2D eigenvalue weighted by molar-refractivity contribution is 6.02. The van der Waals surface area contributed by atoms with Crippen LogP contribution in [-0.4, -0.2) is 23.2 Å². The van der Waals surface area contributed by atoms with Crippen LogP contribution in [0.25, 0.3) is 0 Å². The number of nitrogens with zero attached hydrogens (tertiary/aromatic N) is 3. The van der Waals surface area contributed by atoms with Crippen LogP contribution in [0.1, 0.15) is 16.1 Å². The van der Waals surface area contributed by atoms with Crippen molar-refractivity contribution in [1.82, 2.24) is 10.2 Å². The van der Waals surface area contributed by atoms with Crippen molar-refractivity contribution >= 4 is 17.4 Å². The number of halogens is 1. The van der Waals surface area contributed by atoms with Crippen LogP contribution >= 0.6 is 0 Å². The number of amides is 1. The number of anilines is 2. The molecule has 2 aromatic carbocycles. The number of hydrogen-bond donors (Lipinski definition) is 1. The molecule has 0 bridgehead atoms. The third-order valence-corrected chi connectivity index (χ3v) is 3.64. The Morgan fingerprint density at radius 3 is 2.36 bits per heavy atom. The maximum atomic E-state index is 12.9. The zero-order chi connectivity index (χ0) is 17.6. The molecular formula is C19H17FN4O. The molecule has 25 heavy (non-hydrogen) atoms. The molecule has 3 rings (SSSR count). The molecule has 1 amide bonds. The van der Waals surface area contributed by atoms with Gasteiger partial charge in [0.1, 0.15) is 5.82 Å². The molecule has 0 aliphatic heterocycles. The minimum Gasteiger partial charge on any atom is -0.354 e. The minimum absolute atomic E-state index is 0.196. The van der Waals surface area contributed by atoms with Crippen LogP contribution in [0.15, 0.2) is 66.7 Å². The number of rotatable bonds is 5. The Labute approximate surface area is 145 Å². The summed E-state index contributed by atoms with van der Waals surface area (Å²) in [5.74, 6) is -0.0813. The molecule has 1 N–H and O–H groups in total. The quantitative estimate of drug-likeness (QED) is 0.775. The number of carbonyl (C=O) groups excluding carboxylic acids is 1. The first-order valence-electron chi connectivity index (χ1n) is 7.77. The van der Waals surface area contributed by atoms with Gasteiger partial charge in [-0.1, -0.05) is 30.3 Å². The third-order valence-electron chi connectivity index (χ3n) is 3.64. The number of benzene rings is 2. The highest BCUT2D eigenvalue weighted by Crippen LogP contribution is 2.13. The summed E-state index contributed by atoms with van der Waals surface area (Å²) in [4.78, 5) is 14.1. The van der Waals surface area contributed by atoms with Crippen LogP contribution in [0.4, 0.5) is 15.9 Å². The van der Waals surface area contributed by atoms with Crippen molar-refractivity contribution in [3.8, 4) is 0 Å². The van der Waals surface area contributed by atoms with Gasteiger partial charge < -0.3 is 10.2 Å². The lowest BCUT2D eigenvalue weighted by atomic mass is 10.2. The monoisotopic (exact) mass is 336 g/mol. The highest BCUT2D eigenvalue weighted by Gasteiger charge is 2.10. The first-order chi connectivity index (χ1) is 12.1. The summed E-state index contributed by atoms with van der Waals surface area (Å²) in [6.45, 7) is 0.691. The smallest absolute Gasteiger partial charge is 0.276 e. The summed E-state index contributed by atoms with van der Waals surface area (Å²) in [7, 11) is 1.91. The van der Waals surface area contributed by atoms with E-state index in [2.05, 4.69) is 15.5 Å². The summed E-state index contributed by atoms with van der Waals surface area (Å²) < 4.78 is 12.9. The van der Waals surface area contributed by atoms with E-state index in [-0.39, 0.29) is 11.5 Å². The average molecular weight is 336 g/mol. The van der Waals surface area contributed by atoms with Gasteiger partial charge in [0.05, 0.1) is 0 Å². The maximum absolute atomic E-state index is 12.9. The Kier molecular flexibility index (Phi) is 4.99. The maximum Gasteiger partial charge on any atom is 0.276 e. The van der Waals surface area contributed by atoms with Crippen molar-refractivity contribution in [1.29, 1.82) is 0 Å². The van der Waals surface area contributed by atoms with E-state index in [4.69, 9.17) is 0 Å². The molecule has 5 nitrogen and oxygen atoms in total. The second-order valence-corrected chi connectivity index (χ2v) is 5.58. The van der Waals surface area contributed by atoms with Gasteiger partial charge in [0, 0.05) is 19.3 Å². The SMILES string of the molecule is CN(Cc1ccccc1)c1ccc(C(=O)Nc2ccc(F)cc2)nn1. The lowest BCUT2D eigenvalue weighted by Crippen LogP contribution is -2.20. The normalized spacial score (nSPS) is 10.3. The van der Waals surface area contributed by atoms with Gasteiger partial charge in [-0.25, -0.2) is 4.39 Å². The first kappa shape index (κ1) is 16.6. The average Bonchev–Trinajstić information content (AvgIpc) is 2.64. The van der Waals surface area contributed by atoms with E-state index in [1.807, 2.05) is 42.3 Å². The van der Waals surface area contributed by atoms with Gasteiger partial charge in [-0.15, -0.1) is 10.2 Å². The molecule has 0 spiro atoms. The standard InChI is InChI=1S/C19H17FN4O/c1-24(13-14-5-3-2-4-6-14)18-12-11-17(22-23-18)19(25)21-16-9-7-15(20)8-10-16/h2-12H,13H2,1H3,(H,21,25). The number of hydrogen-bond acceptors (Lipinski definition) is 4. The molecular weight excluding hydrogens is 319 g/mol.